The summed E-state index contributed by atoms with van der Waals surface area (Å²) in [5.74, 6) is 0.364. The van der Waals surface area contributed by atoms with Crippen molar-refractivity contribution < 1.29 is 4.79 Å². The number of hydrogen-bond donors (Lipinski definition) is 0. The van der Waals surface area contributed by atoms with Crippen molar-refractivity contribution in [3.63, 3.8) is 0 Å². The minimum atomic E-state index is 0.124. The number of rotatable bonds is 1. The Bertz CT molecular complexity index is 437. The van der Waals surface area contributed by atoms with E-state index >= 15 is 0 Å². The third kappa shape index (κ3) is 1.34. The Hall–Kier alpha value is -1.09. The molecule has 1 amide bonds. The van der Waals surface area contributed by atoms with Gasteiger partial charge in [-0.15, -0.1) is 0 Å². The predicted molar refractivity (Wildman–Crippen MR) is 62.7 cm³/mol. The minimum absolute atomic E-state index is 0.124. The SMILES string of the molecule is O=C1C2C=CC(C2)N1c1ccc(Br)cc1. The standard InChI is InChI=1S/C12H10BrNO/c13-9-2-5-10(6-3-9)14-11-4-1-8(7-11)12(14)15/h1-6,8,11H,7H2. The van der Waals surface area contributed by atoms with Gasteiger partial charge < -0.3 is 4.90 Å². The summed E-state index contributed by atoms with van der Waals surface area (Å²) in [6, 6.07) is 8.19. The molecule has 1 saturated heterocycles. The van der Waals surface area contributed by atoms with Gasteiger partial charge in [-0.25, -0.2) is 0 Å². The molecule has 15 heavy (non-hydrogen) atoms. The number of fused-ring (bicyclic) bond motifs is 2. The molecule has 2 bridgehead atoms. The van der Waals surface area contributed by atoms with Gasteiger partial charge in [-0.1, -0.05) is 28.1 Å². The first-order valence-electron chi connectivity index (χ1n) is 5.03. The second kappa shape index (κ2) is 3.20. The maximum absolute atomic E-state index is 11.9. The summed E-state index contributed by atoms with van der Waals surface area (Å²) >= 11 is 3.39. The van der Waals surface area contributed by atoms with E-state index in [2.05, 4.69) is 22.0 Å². The van der Waals surface area contributed by atoms with Gasteiger partial charge in [0.1, 0.15) is 0 Å². The maximum Gasteiger partial charge on any atom is 0.234 e. The van der Waals surface area contributed by atoms with Crippen LogP contribution < -0.4 is 4.90 Å². The van der Waals surface area contributed by atoms with E-state index < -0.39 is 0 Å². The molecule has 3 heteroatoms. The first kappa shape index (κ1) is 9.16. The van der Waals surface area contributed by atoms with Crippen LogP contribution in [0.1, 0.15) is 6.42 Å². The summed E-state index contributed by atoms with van der Waals surface area (Å²) in [6.07, 6.45) is 5.12. The number of carbonyl (C=O) groups is 1. The van der Waals surface area contributed by atoms with Crippen LogP contribution in [0.4, 0.5) is 5.69 Å². The van der Waals surface area contributed by atoms with Crippen molar-refractivity contribution in [2.45, 2.75) is 12.5 Å². The molecule has 76 valence electrons. The van der Waals surface area contributed by atoms with Gasteiger partial charge >= 0.3 is 0 Å². The quantitative estimate of drug-likeness (QED) is 0.714. The number of hydrogen-bond acceptors (Lipinski definition) is 1. The fourth-order valence-electron chi connectivity index (χ4n) is 2.32. The summed E-state index contributed by atoms with van der Waals surface area (Å²) in [6.45, 7) is 0. The molecule has 1 fully saturated rings. The largest absolute Gasteiger partial charge is 0.305 e. The second-order valence-electron chi connectivity index (χ2n) is 3.98. The topological polar surface area (TPSA) is 20.3 Å². The van der Waals surface area contributed by atoms with Crippen LogP contribution in [0.2, 0.25) is 0 Å². The van der Waals surface area contributed by atoms with Crippen molar-refractivity contribution in [1.82, 2.24) is 0 Å². The summed E-state index contributed by atoms with van der Waals surface area (Å²) in [7, 11) is 0. The molecule has 0 aromatic heterocycles. The Balaban J connectivity index is 1.98. The van der Waals surface area contributed by atoms with Gasteiger partial charge in [-0.05, 0) is 30.7 Å². The number of amides is 1. The van der Waals surface area contributed by atoms with E-state index in [1.54, 1.807) is 0 Å². The van der Waals surface area contributed by atoms with Crippen LogP contribution in [0, 0.1) is 5.92 Å². The highest BCUT2D eigenvalue weighted by Crippen LogP contribution is 2.36. The van der Waals surface area contributed by atoms with E-state index in [9.17, 15) is 4.79 Å². The Kier molecular flexibility index (Phi) is 1.96. The Morgan fingerprint density at radius 3 is 2.53 bits per heavy atom. The molecule has 1 heterocycles. The molecule has 1 aromatic carbocycles. The highest BCUT2D eigenvalue weighted by Gasteiger charge is 2.41. The lowest BCUT2D eigenvalue weighted by Crippen LogP contribution is -2.34. The third-order valence-corrected chi connectivity index (χ3v) is 3.58. The summed E-state index contributed by atoms with van der Waals surface area (Å²) < 4.78 is 1.04. The lowest BCUT2D eigenvalue weighted by atomic mass is 10.1. The molecule has 0 saturated carbocycles. The normalized spacial score (nSPS) is 27.8. The van der Waals surface area contributed by atoms with E-state index in [0.29, 0.717) is 0 Å². The highest BCUT2D eigenvalue weighted by molar-refractivity contribution is 9.10. The number of nitrogens with zero attached hydrogens (tertiary/aromatic N) is 1. The number of carbonyl (C=O) groups excluding carboxylic acids is 1. The van der Waals surface area contributed by atoms with Gasteiger partial charge in [0.2, 0.25) is 5.91 Å². The summed E-state index contributed by atoms with van der Waals surface area (Å²) in [4.78, 5) is 13.8. The zero-order valence-corrected chi connectivity index (χ0v) is 9.65. The Labute approximate surface area is 96.7 Å². The smallest absolute Gasteiger partial charge is 0.234 e. The highest BCUT2D eigenvalue weighted by atomic mass is 79.9. The molecule has 0 radical (unpaired) electrons. The van der Waals surface area contributed by atoms with Crippen LogP contribution in [0.25, 0.3) is 0 Å². The number of halogens is 1. The minimum Gasteiger partial charge on any atom is -0.305 e. The molecule has 0 N–H and O–H groups in total. The summed E-state index contributed by atoms with van der Waals surface area (Å²) in [5.41, 5.74) is 1.00. The molecule has 3 rings (SSSR count). The van der Waals surface area contributed by atoms with Crippen LogP contribution >= 0.6 is 15.9 Å². The molecule has 0 spiro atoms. The summed E-state index contributed by atoms with van der Waals surface area (Å²) in [5, 5.41) is 0. The average molecular weight is 264 g/mol. The van der Waals surface area contributed by atoms with Gasteiger partial charge in [0.05, 0.1) is 12.0 Å². The molecular formula is C12H10BrNO. The van der Waals surface area contributed by atoms with E-state index in [0.717, 1.165) is 16.6 Å². The Morgan fingerprint density at radius 1 is 1.20 bits per heavy atom. The van der Waals surface area contributed by atoms with E-state index in [4.69, 9.17) is 0 Å². The molecule has 1 aromatic rings. The molecule has 2 aliphatic rings. The van der Waals surface area contributed by atoms with Gasteiger partial charge in [0.15, 0.2) is 0 Å². The molecule has 2 unspecified atom stereocenters. The zero-order valence-electron chi connectivity index (χ0n) is 8.06. The van der Waals surface area contributed by atoms with Crippen LogP contribution in [0.15, 0.2) is 40.9 Å². The molecule has 2 nitrogen and oxygen atoms in total. The van der Waals surface area contributed by atoms with Gasteiger partial charge in [-0.2, -0.15) is 0 Å². The van der Waals surface area contributed by atoms with E-state index in [-0.39, 0.29) is 17.9 Å². The first-order chi connectivity index (χ1) is 7.25. The monoisotopic (exact) mass is 263 g/mol. The van der Waals surface area contributed by atoms with E-state index in [1.165, 1.54) is 0 Å². The van der Waals surface area contributed by atoms with Crippen LogP contribution in [-0.4, -0.2) is 11.9 Å². The molecule has 2 atom stereocenters. The molecule has 1 aliphatic heterocycles. The van der Waals surface area contributed by atoms with Crippen LogP contribution in [0.3, 0.4) is 0 Å². The zero-order chi connectivity index (χ0) is 10.4. The molecule has 1 aliphatic carbocycles. The van der Waals surface area contributed by atoms with Crippen molar-refractivity contribution in [3.8, 4) is 0 Å². The average Bonchev–Trinajstić information content (AvgIpc) is 2.80. The van der Waals surface area contributed by atoms with Gasteiger partial charge in [-0.3, -0.25) is 4.79 Å². The van der Waals surface area contributed by atoms with Crippen molar-refractivity contribution in [2.75, 3.05) is 4.90 Å². The molecular weight excluding hydrogens is 254 g/mol. The number of anilines is 1. The maximum atomic E-state index is 11.9. The predicted octanol–water partition coefficient (Wildman–Crippen LogP) is 2.74. The lowest BCUT2D eigenvalue weighted by molar-refractivity contribution is -0.119. The van der Waals surface area contributed by atoms with Crippen molar-refractivity contribution in [3.05, 3.63) is 40.9 Å². The van der Waals surface area contributed by atoms with Crippen molar-refractivity contribution >= 4 is 27.5 Å². The van der Waals surface area contributed by atoms with Crippen LogP contribution in [-0.2, 0) is 4.79 Å². The van der Waals surface area contributed by atoms with Crippen LogP contribution in [0.5, 0.6) is 0 Å². The lowest BCUT2D eigenvalue weighted by Gasteiger charge is -2.24. The van der Waals surface area contributed by atoms with Crippen molar-refractivity contribution in [1.29, 1.82) is 0 Å². The van der Waals surface area contributed by atoms with Crippen molar-refractivity contribution in [2.24, 2.45) is 5.92 Å². The van der Waals surface area contributed by atoms with Gasteiger partial charge in [0, 0.05) is 10.2 Å². The number of benzene rings is 1. The fraction of sp³-hybridized carbons (Fsp3) is 0.250. The third-order valence-electron chi connectivity index (χ3n) is 3.05. The Morgan fingerprint density at radius 2 is 1.93 bits per heavy atom. The second-order valence-corrected chi connectivity index (χ2v) is 4.89. The van der Waals surface area contributed by atoms with E-state index in [1.807, 2.05) is 35.2 Å². The first-order valence-corrected chi connectivity index (χ1v) is 5.82. The fourth-order valence-corrected chi connectivity index (χ4v) is 2.58. The van der Waals surface area contributed by atoms with Gasteiger partial charge in [0.25, 0.3) is 0 Å².